The zero-order valence-corrected chi connectivity index (χ0v) is 17.5. The smallest absolute Gasteiger partial charge is 0.225 e. The Hall–Kier alpha value is -2.93. The Morgan fingerprint density at radius 3 is 2.81 bits per heavy atom. The summed E-state index contributed by atoms with van der Waals surface area (Å²) in [6, 6.07) is 15.0. The standard InChI is InChI=1S/C24H27FN4O2/c25-20-8-2-4-10-22(20)31-18-11-13-29(16-18)23-19-7-1-3-9-21(19)27-24(28-23)26-17-6-5-14-30-15-12-17/h1-4,7-10,17-18H,5-6,11-16H2,(H,26,27,28). The lowest BCUT2D eigenvalue weighted by Gasteiger charge is -2.22. The summed E-state index contributed by atoms with van der Waals surface area (Å²) in [5, 5.41) is 4.54. The molecule has 2 aliphatic rings. The average molecular weight is 423 g/mol. The second-order valence-corrected chi connectivity index (χ2v) is 8.18. The highest BCUT2D eigenvalue weighted by Gasteiger charge is 2.28. The molecule has 0 aliphatic carbocycles. The molecule has 2 unspecified atom stereocenters. The third kappa shape index (κ3) is 4.56. The third-order valence-electron chi connectivity index (χ3n) is 5.94. The van der Waals surface area contributed by atoms with E-state index in [-0.39, 0.29) is 11.9 Å². The zero-order valence-electron chi connectivity index (χ0n) is 17.5. The molecule has 162 valence electrons. The molecule has 0 spiro atoms. The van der Waals surface area contributed by atoms with Gasteiger partial charge in [-0.15, -0.1) is 0 Å². The minimum absolute atomic E-state index is 0.0824. The molecule has 6 nitrogen and oxygen atoms in total. The van der Waals surface area contributed by atoms with Gasteiger partial charge in [0.15, 0.2) is 11.6 Å². The first kappa shape index (κ1) is 20.0. The van der Waals surface area contributed by atoms with E-state index in [2.05, 4.69) is 16.3 Å². The second-order valence-electron chi connectivity index (χ2n) is 8.18. The lowest BCUT2D eigenvalue weighted by molar-refractivity contribution is 0.144. The van der Waals surface area contributed by atoms with Crippen LogP contribution in [-0.4, -0.2) is 48.4 Å². The van der Waals surface area contributed by atoms with Crippen LogP contribution in [-0.2, 0) is 4.74 Å². The van der Waals surface area contributed by atoms with Crippen molar-refractivity contribution in [2.45, 2.75) is 37.8 Å². The van der Waals surface area contributed by atoms with E-state index in [4.69, 9.17) is 19.4 Å². The Balaban J connectivity index is 1.37. The van der Waals surface area contributed by atoms with Gasteiger partial charge in [-0.05, 0) is 43.5 Å². The van der Waals surface area contributed by atoms with Gasteiger partial charge in [-0.1, -0.05) is 24.3 Å². The molecule has 1 aromatic heterocycles. The molecule has 0 bridgehead atoms. The van der Waals surface area contributed by atoms with Crippen molar-refractivity contribution in [3.05, 3.63) is 54.3 Å². The number of hydrogen-bond donors (Lipinski definition) is 1. The molecule has 0 amide bonds. The van der Waals surface area contributed by atoms with Crippen LogP contribution in [0.3, 0.4) is 0 Å². The number of nitrogens with zero attached hydrogens (tertiary/aromatic N) is 3. The first-order valence-electron chi connectivity index (χ1n) is 11.0. The molecule has 0 radical (unpaired) electrons. The van der Waals surface area contributed by atoms with Crippen molar-refractivity contribution in [3.8, 4) is 5.75 Å². The Morgan fingerprint density at radius 2 is 1.87 bits per heavy atom. The molecule has 0 saturated carbocycles. The Bertz CT molecular complexity index is 1040. The minimum atomic E-state index is -0.327. The maximum Gasteiger partial charge on any atom is 0.225 e. The van der Waals surface area contributed by atoms with Crippen LogP contribution in [0.4, 0.5) is 16.2 Å². The molecule has 7 heteroatoms. The Kier molecular flexibility index (Phi) is 5.84. The fraction of sp³-hybridized carbons (Fsp3) is 0.417. The van der Waals surface area contributed by atoms with E-state index >= 15 is 0 Å². The average Bonchev–Trinajstić information content (AvgIpc) is 3.10. The highest BCUT2D eigenvalue weighted by atomic mass is 19.1. The number of ether oxygens (including phenoxy) is 2. The highest BCUT2D eigenvalue weighted by Crippen LogP contribution is 2.30. The van der Waals surface area contributed by atoms with Gasteiger partial charge in [0.1, 0.15) is 11.9 Å². The lowest BCUT2D eigenvalue weighted by Crippen LogP contribution is -2.27. The molecule has 3 aromatic rings. The van der Waals surface area contributed by atoms with Crippen LogP contribution < -0.4 is 15.0 Å². The number of para-hydroxylation sites is 2. The Morgan fingerprint density at radius 1 is 1.00 bits per heavy atom. The van der Waals surface area contributed by atoms with Gasteiger partial charge in [0.05, 0.1) is 12.1 Å². The van der Waals surface area contributed by atoms with Crippen LogP contribution in [0.5, 0.6) is 5.75 Å². The summed E-state index contributed by atoms with van der Waals surface area (Å²) in [6.07, 6.45) is 3.78. The van der Waals surface area contributed by atoms with Crippen LogP contribution >= 0.6 is 0 Å². The molecular weight excluding hydrogens is 395 g/mol. The monoisotopic (exact) mass is 422 g/mol. The number of fused-ring (bicyclic) bond motifs is 1. The van der Waals surface area contributed by atoms with Gasteiger partial charge in [0, 0.05) is 37.6 Å². The molecule has 2 atom stereocenters. The van der Waals surface area contributed by atoms with Crippen molar-refractivity contribution in [2.24, 2.45) is 0 Å². The molecule has 2 aliphatic heterocycles. The summed E-state index contributed by atoms with van der Waals surface area (Å²) in [7, 11) is 0. The predicted octanol–water partition coefficient (Wildman–Crippen LogP) is 4.41. The van der Waals surface area contributed by atoms with E-state index in [9.17, 15) is 4.39 Å². The maximum atomic E-state index is 14.0. The first-order valence-corrected chi connectivity index (χ1v) is 11.0. The summed E-state index contributed by atoms with van der Waals surface area (Å²) in [5.74, 6) is 1.53. The van der Waals surface area contributed by atoms with Crippen molar-refractivity contribution < 1.29 is 13.9 Å². The molecule has 3 heterocycles. The summed E-state index contributed by atoms with van der Waals surface area (Å²) in [6.45, 7) is 3.04. The van der Waals surface area contributed by atoms with Crippen LogP contribution in [0.25, 0.3) is 10.9 Å². The summed E-state index contributed by atoms with van der Waals surface area (Å²) in [4.78, 5) is 11.9. The van der Waals surface area contributed by atoms with Gasteiger partial charge >= 0.3 is 0 Å². The number of aromatic nitrogens is 2. The fourth-order valence-electron chi connectivity index (χ4n) is 4.33. The number of nitrogens with one attached hydrogen (secondary N) is 1. The Labute approximate surface area is 181 Å². The van der Waals surface area contributed by atoms with E-state index in [1.54, 1.807) is 18.2 Å². The summed E-state index contributed by atoms with van der Waals surface area (Å²) >= 11 is 0. The minimum Gasteiger partial charge on any atom is -0.485 e. The van der Waals surface area contributed by atoms with Gasteiger partial charge in [-0.25, -0.2) is 9.37 Å². The third-order valence-corrected chi connectivity index (χ3v) is 5.94. The van der Waals surface area contributed by atoms with Crippen molar-refractivity contribution in [2.75, 3.05) is 36.5 Å². The van der Waals surface area contributed by atoms with Crippen LogP contribution in [0.1, 0.15) is 25.7 Å². The SMILES string of the molecule is Fc1ccccc1OC1CCN(c2nc(NC3CCCOCC3)nc3ccccc23)C1. The van der Waals surface area contributed by atoms with Crippen molar-refractivity contribution in [1.29, 1.82) is 0 Å². The molecule has 2 fully saturated rings. The summed E-state index contributed by atoms with van der Waals surface area (Å²) < 4.78 is 25.5. The molecule has 31 heavy (non-hydrogen) atoms. The second kappa shape index (κ2) is 9.06. The first-order chi connectivity index (χ1) is 15.3. The summed E-state index contributed by atoms with van der Waals surface area (Å²) in [5.41, 5.74) is 0.915. The van der Waals surface area contributed by atoms with E-state index in [0.29, 0.717) is 24.3 Å². The molecule has 2 aromatic carbocycles. The predicted molar refractivity (Wildman–Crippen MR) is 119 cm³/mol. The maximum absolute atomic E-state index is 14.0. The zero-order chi connectivity index (χ0) is 21.0. The normalized spacial score (nSPS) is 21.8. The van der Waals surface area contributed by atoms with E-state index in [1.165, 1.54) is 6.07 Å². The van der Waals surface area contributed by atoms with Gasteiger partial charge in [0.2, 0.25) is 5.95 Å². The van der Waals surface area contributed by atoms with Crippen molar-refractivity contribution >= 4 is 22.7 Å². The number of anilines is 2. The fourth-order valence-corrected chi connectivity index (χ4v) is 4.33. The van der Waals surface area contributed by atoms with Crippen LogP contribution in [0, 0.1) is 5.82 Å². The van der Waals surface area contributed by atoms with Crippen LogP contribution in [0.2, 0.25) is 0 Å². The van der Waals surface area contributed by atoms with Crippen molar-refractivity contribution in [3.63, 3.8) is 0 Å². The number of halogens is 1. The molecule has 2 saturated heterocycles. The lowest BCUT2D eigenvalue weighted by atomic mass is 10.1. The topological polar surface area (TPSA) is 59.5 Å². The largest absolute Gasteiger partial charge is 0.485 e. The number of benzene rings is 2. The molecular formula is C24H27FN4O2. The molecule has 1 N–H and O–H groups in total. The number of hydrogen-bond acceptors (Lipinski definition) is 6. The number of rotatable bonds is 5. The van der Waals surface area contributed by atoms with Gasteiger partial charge < -0.3 is 19.7 Å². The molecule has 5 rings (SSSR count). The van der Waals surface area contributed by atoms with E-state index in [0.717, 1.165) is 62.2 Å². The van der Waals surface area contributed by atoms with E-state index < -0.39 is 0 Å². The van der Waals surface area contributed by atoms with Gasteiger partial charge in [-0.3, -0.25) is 0 Å². The van der Waals surface area contributed by atoms with Gasteiger partial charge in [-0.2, -0.15) is 4.98 Å². The van der Waals surface area contributed by atoms with Crippen molar-refractivity contribution in [1.82, 2.24) is 9.97 Å². The van der Waals surface area contributed by atoms with E-state index in [1.807, 2.05) is 18.2 Å². The van der Waals surface area contributed by atoms with Gasteiger partial charge in [0.25, 0.3) is 0 Å². The quantitative estimate of drug-likeness (QED) is 0.657. The van der Waals surface area contributed by atoms with Crippen LogP contribution in [0.15, 0.2) is 48.5 Å². The highest BCUT2D eigenvalue weighted by molar-refractivity contribution is 5.90.